The van der Waals surface area contributed by atoms with Crippen LogP contribution >= 0.6 is 0 Å². The fourth-order valence-electron chi connectivity index (χ4n) is 2.43. The number of carbonyl (C=O) groups is 1. The lowest BCUT2D eigenvalue weighted by molar-refractivity contribution is 0.0833. The Bertz CT molecular complexity index is 782. The molecule has 0 saturated heterocycles. The lowest BCUT2D eigenvalue weighted by Gasteiger charge is -2.27. The smallest absolute Gasteiger partial charge is 0.201 e. The molecule has 5 N–H and O–H groups in total. The van der Waals surface area contributed by atoms with E-state index in [0.717, 1.165) is 6.07 Å². The molecular weight excluding hydrogens is 292 g/mol. The number of hydrogen-bond acceptors (Lipinski definition) is 7. The molecule has 7 nitrogen and oxygen atoms in total. The van der Waals surface area contributed by atoms with E-state index in [1.807, 2.05) is 0 Å². The maximum absolute atomic E-state index is 12.2. The molecule has 0 radical (unpaired) electrons. The second-order valence-electron chi connectivity index (χ2n) is 4.94. The number of ketones is 1. The third-order valence-corrected chi connectivity index (χ3v) is 3.48. The van der Waals surface area contributed by atoms with Crippen LogP contribution in [0, 0.1) is 0 Å². The molecule has 0 amide bonds. The zero-order chi connectivity index (χ0) is 16.0. The van der Waals surface area contributed by atoms with Crippen molar-refractivity contribution in [1.29, 1.82) is 0 Å². The lowest BCUT2D eigenvalue weighted by atomic mass is 9.94. The van der Waals surface area contributed by atoms with Crippen molar-refractivity contribution >= 4 is 5.78 Å². The Balaban J connectivity index is 2.11. The minimum atomic E-state index is -0.973. The van der Waals surface area contributed by atoms with Crippen LogP contribution in [0.4, 0.5) is 0 Å². The largest absolute Gasteiger partial charge is 0.508 e. The number of ether oxygens (including phenoxy) is 1. The number of Topliss-reactive ketones (excluding diaryl/α,β-unsaturated/α-hetero) is 1. The predicted octanol–water partition coefficient (Wildman–Crippen LogP) is 1.92. The van der Waals surface area contributed by atoms with Crippen LogP contribution in [0.3, 0.4) is 0 Å². The number of phenolic OH excluding ortho intramolecular Hbond substituents is 5. The first-order valence-corrected chi connectivity index (χ1v) is 6.38. The maximum atomic E-state index is 12.2. The molecule has 2 aromatic rings. The average Bonchev–Trinajstić information content (AvgIpc) is 2.46. The van der Waals surface area contributed by atoms with Gasteiger partial charge in [0.15, 0.2) is 17.3 Å². The summed E-state index contributed by atoms with van der Waals surface area (Å²) >= 11 is 0. The first-order chi connectivity index (χ1) is 10.4. The highest BCUT2D eigenvalue weighted by Gasteiger charge is 2.35. The van der Waals surface area contributed by atoms with Crippen molar-refractivity contribution in [2.24, 2.45) is 0 Å². The van der Waals surface area contributed by atoms with Crippen LogP contribution in [0.25, 0.3) is 0 Å². The van der Waals surface area contributed by atoms with Gasteiger partial charge in [-0.05, 0) is 18.2 Å². The molecule has 0 fully saturated rings. The lowest BCUT2D eigenvalue weighted by Crippen LogP contribution is -2.20. The average molecular weight is 304 g/mol. The van der Waals surface area contributed by atoms with Crippen molar-refractivity contribution in [3.63, 3.8) is 0 Å². The molecule has 0 unspecified atom stereocenters. The van der Waals surface area contributed by atoms with Gasteiger partial charge in [0.2, 0.25) is 5.75 Å². The predicted molar refractivity (Wildman–Crippen MR) is 73.5 cm³/mol. The van der Waals surface area contributed by atoms with Crippen LogP contribution in [-0.2, 0) is 0 Å². The van der Waals surface area contributed by atoms with Gasteiger partial charge in [-0.25, -0.2) is 0 Å². The van der Waals surface area contributed by atoms with Gasteiger partial charge in [-0.15, -0.1) is 0 Å². The van der Waals surface area contributed by atoms with Gasteiger partial charge in [0.05, 0.1) is 6.42 Å². The molecule has 1 aliphatic rings. The van der Waals surface area contributed by atoms with Gasteiger partial charge in [0.1, 0.15) is 28.9 Å². The summed E-state index contributed by atoms with van der Waals surface area (Å²) < 4.78 is 5.45. The number of carbonyl (C=O) groups excluding carboxylic acids is 1. The van der Waals surface area contributed by atoms with Crippen LogP contribution in [-0.4, -0.2) is 31.3 Å². The molecule has 22 heavy (non-hydrogen) atoms. The van der Waals surface area contributed by atoms with Crippen molar-refractivity contribution < 1.29 is 35.1 Å². The topological polar surface area (TPSA) is 127 Å². The Morgan fingerprint density at radius 3 is 2.41 bits per heavy atom. The summed E-state index contributed by atoms with van der Waals surface area (Å²) in [6.45, 7) is 0. The number of benzene rings is 2. The molecule has 0 aromatic heterocycles. The quantitative estimate of drug-likeness (QED) is 0.402. The van der Waals surface area contributed by atoms with E-state index in [4.69, 9.17) is 4.74 Å². The van der Waals surface area contributed by atoms with E-state index in [-0.39, 0.29) is 34.8 Å². The van der Waals surface area contributed by atoms with Gasteiger partial charge in [0, 0.05) is 11.6 Å². The Hall–Kier alpha value is -3.09. The number of fused-ring (bicyclic) bond motifs is 1. The van der Waals surface area contributed by atoms with Gasteiger partial charge < -0.3 is 30.3 Å². The second kappa shape index (κ2) is 4.73. The summed E-state index contributed by atoms with van der Waals surface area (Å²) in [6.07, 6.45) is -1.18. The Morgan fingerprint density at radius 2 is 1.68 bits per heavy atom. The van der Waals surface area contributed by atoms with E-state index in [1.165, 1.54) is 18.2 Å². The molecular formula is C15H12O7. The maximum Gasteiger partial charge on any atom is 0.201 e. The third-order valence-electron chi connectivity index (χ3n) is 3.48. The molecule has 3 rings (SSSR count). The van der Waals surface area contributed by atoms with Crippen molar-refractivity contribution in [3.05, 3.63) is 35.4 Å². The van der Waals surface area contributed by atoms with Gasteiger partial charge in [-0.2, -0.15) is 0 Å². The Labute approximate surface area is 124 Å². The third kappa shape index (κ3) is 2.03. The highest BCUT2D eigenvalue weighted by molar-refractivity contribution is 6.03. The summed E-state index contributed by atoms with van der Waals surface area (Å²) in [4.78, 5) is 12.2. The zero-order valence-electron chi connectivity index (χ0n) is 11.1. The molecule has 0 aliphatic carbocycles. The minimum absolute atomic E-state index is 0.127. The minimum Gasteiger partial charge on any atom is -0.508 e. The van der Waals surface area contributed by atoms with Crippen molar-refractivity contribution in [2.75, 3.05) is 0 Å². The van der Waals surface area contributed by atoms with Gasteiger partial charge >= 0.3 is 0 Å². The first kappa shape index (κ1) is 13.9. The monoisotopic (exact) mass is 304 g/mol. The second-order valence-corrected chi connectivity index (χ2v) is 4.94. The van der Waals surface area contributed by atoms with Crippen LogP contribution in [0.5, 0.6) is 34.5 Å². The summed E-state index contributed by atoms with van der Waals surface area (Å²) in [5, 5.41) is 48.4. The fraction of sp³-hybridized carbons (Fsp3) is 0.133. The van der Waals surface area contributed by atoms with Gasteiger partial charge in [-0.3, -0.25) is 4.79 Å². The Kier molecular flexibility index (Phi) is 2.98. The highest BCUT2D eigenvalue weighted by Crippen LogP contribution is 2.49. The molecule has 0 saturated carbocycles. The van der Waals surface area contributed by atoms with Crippen LogP contribution in [0.2, 0.25) is 0 Å². The number of rotatable bonds is 1. The summed E-state index contributed by atoms with van der Waals surface area (Å²) in [5.41, 5.74) is -0.0765. The van der Waals surface area contributed by atoms with Crippen LogP contribution in [0.1, 0.15) is 28.4 Å². The molecule has 0 bridgehead atoms. The van der Waals surface area contributed by atoms with Gasteiger partial charge in [-0.1, -0.05) is 0 Å². The zero-order valence-corrected chi connectivity index (χ0v) is 11.1. The van der Waals surface area contributed by atoms with E-state index in [9.17, 15) is 30.3 Å². The van der Waals surface area contributed by atoms with Gasteiger partial charge in [0.25, 0.3) is 0 Å². The molecule has 2 aromatic carbocycles. The molecule has 0 spiro atoms. The molecule has 1 heterocycles. The molecule has 1 aliphatic heterocycles. The normalized spacial score (nSPS) is 16.9. The van der Waals surface area contributed by atoms with E-state index in [0.29, 0.717) is 0 Å². The van der Waals surface area contributed by atoms with E-state index < -0.39 is 29.1 Å². The van der Waals surface area contributed by atoms with Crippen molar-refractivity contribution in [2.45, 2.75) is 12.5 Å². The summed E-state index contributed by atoms with van der Waals surface area (Å²) in [6, 6.07) is 4.60. The van der Waals surface area contributed by atoms with Crippen LogP contribution < -0.4 is 4.74 Å². The molecule has 1 atom stereocenters. The molecule has 114 valence electrons. The van der Waals surface area contributed by atoms with E-state index in [2.05, 4.69) is 0 Å². The number of hydrogen-bond donors (Lipinski definition) is 5. The number of phenols is 5. The molecule has 7 heteroatoms. The number of aromatic hydroxyl groups is 5. The summed E-state index contributed by atoms with van der Waals surface area (Å²) in [7, 11) is 0. The van der Waals surface area contributed by atoms with E-state index in [1.54, 1.807) is 0 Å². The van der Waals surface area contributed by atoms with Crippen LogP contribution in [0.15, 0.2) is 24.3 Å². The van der Waals surface area contributed by atoms with Crippen molar-refractivity contribution in [3.8, 4) is 34.5 Å². The Morgan fingerprint density at radius 1 is 0.955 bits per heavy atom. The standard InChI is InChI=1S/C15H12O7/c16-6-1-2-8(17)7(3-6)12-5-10(19)13-9(18)4-11(20)14(21)15(13)22-12/h1-4,12,16-18,20-21H,5H2/t12-/m0/s1. The SMILES string of the molecule is O=C1C[C@@H](c2cc(O)ccc2O)Oc2c(O)c(O)cc(O)c21. The van der Waals surface area contributed by atoms with E-state index >= 15 is 0 Å². The van der Waals surface area contributed by atoms with Crippen molar-refractivity contribution in [1.82, 2.24) is 0 Å². The fourth-order valence-corrected chi connectivity index (χ4v) is 2.43. The highest BCUT2D eigenvalue weighted by atomic mass is 16.5. The summed E-state index contributed by atoms with van der Waals surface area (Å²) in [5.74, 6) is -3.02. The first-order valence-electron chi connectivity index (χ1n) is 6.38.